The molecule has 12 N–H and O–H groups in total. The predicted octanol–water partition coefficient (Wildman–Crippen LogP) is -1.88. The summed E-state index contributed by atoms with van der Waals surface area (Å²) in [6.45, 7) is 1.32. The maximum absolute atomic E-state index is 13.1. The zero-order valence-corrected chi connectivity index (χ0v) is 21.3. The lowest BCUT2D eigenvalue weighted by molar-refractivity contribution is -0.143. The predicted molar refractivity (Wildman–Crippen MR) is 141 cm³/mol. The molecule has 15 heteroatoms. The van der Waals surface area contributed by atoms with E-state index in [4.69, 9.17) is 22.3 Å². The summed E-state index contributed by atoms with van der Waals surface area (Å²) in [5, 5.41) is 26.1. The van der Waals surface area contributed by atoms with E-state index in [1.807, 2.05) is 24.3 Å². The minimum Gasteiger partial charge on any atom is -0.481 e. The summed E-state index contributed by atoms with van der Waals surface area (Å²) in [7, 11) is 0. The maximum atomic E-state index is 13.1. The highest BCUT2D eigenvalue weighted by molar-refractivity contribution is 5.95. The second-order valence-corrected chi connectivity index (χ2v) is 8.91. The van der Waals surface area contributed by atoms with Crippen molar-refractivity contribution in [1.29, 1.82) is 0 Å². The topological polar surface area (TPSA) is 268 Å². The number of carboxylic acid groups (broad SMARTS) is 2. The molecule has 4 atom stereocenters. The van der Waals surface area contributed by atoms with Gasteiger partial charge in [-0.3, -0.25) is 29.0 Å². The Morgan fingerprint density at radius 1 is 0.974 bits per heavy atom. The molecule has 0 aliphatic rings. The van der Waals surface area contributed by atoms with Crippen LogP contribution in [0.4, 0.5) is 0 Å². The molecule has 0 saturated heterocycles. The van der Waals surface area contributed by atoms with E-state index >= 15 is 0 Å². The van der Waals surface area contributed by atoms with Crippen LogP contribution >= 0.6 is 0 Å². The van der Waals surface area contributed by atoms with Crippen LogP contribution in [0, 0.1) is 0 Å². The maximum Gasteiger partial charge on any atom is 0.325 e. The quantitative estimate of drug-likeness (QED) is 0.0681. The Bertz CT molecular complexity index is 1220. The zero-order chi connectivity index (χ0) is 29.1. The minimum atomic E-state index is -1.60. The zero-order valence-electron chi connectivity index (χ0n) is 21.3. The summed E-state index contributed by atoms with van der Waals surface area (Å²) in [4.78, 5) is 67.8. The Morgan fingerprint density at radius 2 is 1.62 bits per heavy atom. The number of aliphatic carboxylic acids is 2. The van der Waals surface area contributed by atoms with E-state index in [9.17, 15) is 29.1 Å². The van der Waals surface area contributed by atoms with Crippen LogP contribution in [-0.2, 0) is 30.4 Å². The molecule has 0 bridgehead atoms. The summed E-state index contributed by atoms with van der Waals surface area (Å²) < 4.78 is 0. The van der Waals surface area contributed by atoms with Crippen LogP contribution in [0.1, 0.15) is 31.7 Å². The van der Waals surface area contributed by atoms with Gasteiger partial charge in [0, 0.05) is 23.6 Å². The van der Waals surface area contributed by atoms with Gasteiger partial charge in [-0.25, -0.2) is 0 Å². The first kappa shape index (κ1) is 30.6. The summed E-state index contributed by atoms with van der Waals surface area (Å²) >= 11 is 0. The van der Waals surface area contributed by atoms with Crippen molar-refractivity contribution in [2.45, 2.75) is 56.8 Å². The fourth-order valence-corrected chi connectivity index (χ4v) is 3.71. The van der Waals surface area contributed by atoms with Crippen molar-refractivity contribution in [2.24, 2.45) is 22.2 Å². The number of guanidine groups is 1. The first-order chi connectivity index (χ1) is 18.4. The van der Waals surface area contributed by atoms with Crippen molar-refractivity contribution in [3.63, 3.8) is 0 Å². The number of aromatic amines is 1. The highest BCUT2D eigenvalue weighted by Gasteiger charge is 2.30. The van der Waals surface area contributed by atoms with Gasteiger partial charge in [0.05, 0.1) is 12.5 Å². The third-order valence-electron chi connectivity index (χ3n) is 5.77. The molecule has 0 fully saturated rings. The lowest BCUT2D eigenvalue weighted by Gasteiger charge is -2.24. The van der Waals surface area contributed by atoms with Gasteiger partial charge in [-0.15, -0.1) is 0 Å². The van der Waals surface area contributed by atoms with Crippen LogP contribution in [0.3, 0.4) is 0 Å². The standard InChI is InChI=1S/C24H34N8O7/c1-12(23(38)39)30-22(37)18(10-19(33)34)32-21(36)17(7-4-8-28-24(26)27)31-20(35)15(25)9-13-11-29-16-6-3-2-5-14(13)16/h2-3,5-6,11-12,15,17-18,29H,4,7-10,25H2,1H3,(H,30,37)(H,31,35)(H,32,36)(H,33,34)(H,38,39)(H4,26,27,28). The van der Waals surface area contributed by atoms with Crippen LogP contribution in [0.25, 0.3) is 10.9 Å². The number of carbonyl (C=O) groups is 5. The number of H-pyrrole nitrogens is 1. The Labute approximate surface area is 223 Å². The van der Waals surface area contributed by atoms with E-state index < -0.39 is 60.2 Å². The van der Waals surface area contributed by atoms with Gasteiger partial charge in [-0.2, -0.15) is 0 Å². The molecule has 3 amide bonds. The van der Waals surface area contributed by atoms with E-state index in [2.05, 4.69) is 25.9 Å². The number of fused-ring (bicyclic) bond motifs is 1. The molecule has 15 nitrogen and oxygen atoms in total. The van der Waals surface area contributed by atoms with Crippen LogP contribution < -0.4 is 33.2 Å². The summed E-state index contributed by atoms with van der Waals surface area (Å²) in [5.41, 5.74) is 18.4. The molecule has 2 aromatic rings. The van der Waals surface area contributed by atoms with Gasteiger partial charge in [-0.05, 0) is 37.8 Å². The summed E-state index contributed by atoms with van der Waals surface area (Å²) in [6, 6.07) is 2.28. The molecule has 4 unspecified atom stereocenters. The van der Waals surface area contributed by atoms with Gasteiger partial charge in [0.15, 0.2) is 5.96 Å². The number of nitrogens with one attached hydrogen (secondary N) is 4. The second kappa shape index (κ2) is 14.3. The number of nitrogens with zero attached hydrogens (tertiary/aromatic N) is 1. The van der Waals surface area contributed by atoms with Crippen LogP contribution in [0.2, 0.25) is 0 Å². The number of rotatable bonds is 15. The summed E-state index contributed by atoms with van der Waals surface area (Å²) in [5.74, 6) is -5.45. The molecule has 0 saturated carbocycles. The third kappa shape index (κ3) is 9.62. The van der Waals surface area contributed by atoms with Crippen molar-refractivity contribution in [2.75, 3.05) is 6.54 Å². The van der Waals surface area contributed by atoms with E-state index in [-0.39, 0.29) is 31.8 Å². The molecular weight excluding hydrogens is 512 g/mol. The number of nitrogens with two attached hydrogens (primary N) is 3. The number of carbonyl (C=O) groups excluding carboxylic acids is 3. The summed E-state index contributed by atoms with van der Waals surface area (Å²) in [6.07, 6.45) is 1.36. The number of aromatic nitrogens is 1. The SMILES string of the molecule is CC(NC(=O)C(CC(=O)O)NC(=O)C(CCCN=C(N)N)NC(=O)C(N)Cc1c[nH]c2ccccc12)C(=O)O. The normalized spacial score (nSPS) is 13.9. The molecule has 1 aromatic heterocycles. The molecular formula is C24H34N8O7. The van der Waals surface area contributed by atoms with Crippen molar-refractivity contribution in [1.82, 2.24) is 20.9 Å². The van der Waals surface area contributed by atoms with Crippen molar-refractivity contribution in [3.05, 3.63) is 36.0 Å². The van der Waals surface area contributed by atoms with Gasteiger partial charge >= 0.3 is 11.9 Å². The Morgan fingerprint density at radius 3 is 2.26 bits per heavy atom. The molecule has 0 aliphatic heterocycles. The lowest BCUT2D eigenvalue weighted by Crippen LogP contribution is -2.57. The molecule has 212 valence electrons. The average Bonchev–Trinajstić information content (AvgIpc) is 3.27. The largest absolute Gasteiger partial charge is 0.481 e. The number of amides is 3. The molecule has 39 heavy (non-hydrogen) atoms. The Hall–Kier alpha value is -4.66. The Balaban J connectivity index is 2.15. The van der Waals surface area contributed by atoms with Crippen molar-refractivity contribution >= 4 is 46.5 Å². The number of para-hydroxylation sites is 1. The monoisotopic (exact) mass is 546 g/mol. The van der Waals surface area contributed by atoms with Gasteiger partial charge in [0.25, 0.3) is 0 Å². The van der Waals surface area contributed by atoms with Crippen LogP contribution in [0.5, 0.6) is 0 Å². The number of benzene rings is 1. The lowest BCUT2D eigenvalue weighted by atomic mass is 10.0. The van der Waals surface area contributed by atoms with E-state index in [1.54, 1.807) is 6.20 Å². The molecule has 0 radical (unpaired) electrons. The van der Waals surface area contributed by atoms with Gasteiger partial charge in [0.2, 0.25) is 17.7 Å². The minimum absolute atomic E-state index is 0.0289. The van der Waals surface area contributed by atoms with E-state index in [0.717, 1.165) is 16.5 Å². The van der Waals surface area contributed by atoms with Gasteiger partial charge in [0.1, 0.15) is 18.1 Å². The highest BCUT2D eigenvalue weighted by Crippen LogP contribution is 2.18. The fraction of sp³-hybridized carbons (Fsp3) is 0.417. The smallest absolute Gasteiger partial charge is 0.325 e. The van der Waals surface area contributed by atoms with E-state index in [0.29, 0.717) is 0 Å². The highest BCUT2D eigenvalue weighted by atomic mass is 16.4. The fourth-order valence-electron chi connectivity index (χ4n) is 3.71. The molecule has 0 aliphatic carbocycles. The first-order valence-corrected chi connectivity index (χ1v) is 12.1. The Kier molecular flexibility index (Phi) is 11.2. The average molecular weight is 547 g/mol. The van der Waals surface area contributed by atoms with Crippen LogP contribution in [0.15, 0.2) is 35.5 Å². The molecule has 1 heterocycles. The van der Waals surface area contributed by atoms with E-state index in [1.165, 1.54) is 6.92 Å². The number of carboxylic acids is 2. The van der Waals surface area contributed by atoms with Crippen molar-refractivity contribution < 1.29 is 34.2 Å². The molecule has 1 aromatic carbocycles. The first-order valence-electron chi connectivity index (χ1n) is 12.1. The van der Waals surface area contributed by atoms with Crippen molar-refractivity contribution in [3.8, 4) is 0 Å². The van der Waals surface area contributed by atoms with Crippen LogP contribution in [-0.4, -0.2) is 81.5 Å². The third-order valence-corrected chi connectivity index (χ3v) is 5.77. The number of aliphatic imine (C=N–C) groups is 1. The number of hydrogen-bond acceptors (Lipinski definition) is 7. The molecule has 2 rings (SSSR count). The molecule has 0 spiro atoms. The number of hydrogen-bond donors (Lipinski definition) is 9. The second-order valence-electron chi connectivity index (χ2n) is 8.91. The van der Waals surface area contributed by atoms with Gasteiger partial charge in [-0.1, -0.05) is 18.2 Å². The van der Waals surface area contributed by atoms with Gasteiger partial charge < -0.3 is 48.3 Å².